The first-order chi connectivity index (χ1) is 10.7. The number of nitrogens with zero attached hydrogens (tertiary/aromatic N) is 2. The number of aromatic amines is 1. The number of carbonyl (C=O) groups excluding carboxylic acids is 1. The molecule has 1 saturated heterocycles. The van der Waals surface area contributed by atoms with Gasteiger partial charge in [-0.25, -0.2) is 0 Å². The van der Waals surface area contributed by atoms with Crippen molar-refractivity contribution >= 4 is 5.91 Å². The van der Waals surface area contributed by atoms with E-state index in [1.54, 1.807) is 18.2 Å². The summed E-state index contributed by atoms with van der Waals surface area (Å²) < 4.78 is 5.16. The molecule has 1 aliphatic rings. The van der Waals surface area contributed by atoms with Crippen LogP contribution in [0.25, 0.3) is 11.3 Å². The molecule has 6 nitrogen and oxygen atoms in total. The van der Waals surface area contributed by atoms with E-state index in [4.69, 9.17) is 4.74 Å². The predicted molar refractivity (Wildman–Crippen MR) is 83.9 cm³/mol. The van der Waals surface area contributed by atoms with Gasteiger partial charge in [-0.1, -0.05) is 0 Å². The topological polar surface area (TPSA) is 70.2 Å². The van der Waals surface area contributed by atoms with E-state index in [1.807, 2.05) is 31.3 Å². The largest absolute Gasteiger partial charge is 0.497 e. The van der Waals surface area contributed by atoms with Crippen LogP contribution < -0.4 is 10.1 Å². The van der Waals surface area contributed by atoms with Crippen molar-refractivity contribution in [3.63, 3.8) is 0 Å². The standard InChI is InChI=1S/C16H20N4O2/c1-20(12-7-8-17-9-12)16(21)14-10-18-19-15(14)11-3-5-13(22-2)6-4-11/h3-6,10,12,17H,7-9H2,1-2H3,(H,18,19)/t12-/m0/s1. The van der Waals surface area contributed by atoms with Gasteiger partial charge in [-0.15, -0.1) is 0 Å². The van der Waals surface area contributed by atoms with Crippen LogP contribution in [0.5, 0.6) is 5.75 Å². The second kappa shape index (κ2) is 6.19. The molecule has 1 aromatic carbocycles. The summed E-state index contributed by atoms with van der Waals surface area (Å²) in [6.07, 6.45) is 2.58. The number of benzene rings is 1. The lowest BCUT2D eigenvalue weighted by Gasteiger charge is -2.23. The summed E-state index contributed by atoms with van der Waals surface area (Å²) in [5.74, 6) is 0.776. The molecule has 0 saturated carbocycles. The highest BCUT2D eigenvalue weighted by Crippen LogP contribution is 2.25. The summed E-state index contributed by atoms with van der Waals surface area (Å²) in [5, 5.41) is 10.3. The number of rotatable bonds is 4. The minimum atomic E-state index is -0.00623. The van der Waals surface area contributed by atoms with Crippen molar-refractivity contribution in [1.82, 2.24) is 20.4 Å². The van der Waals surface area contributed by atoms with Crippen LogP contribution in [-0.4, -0.2) is 54.3 Å². The molecule has 1 amide bonds. The quantitative estimate of drug-likeness (QED) is 0.898. The lowest BCUT2D eigenvalue weighted by molar-refractivity contribution is 0.0744. The SMILES string of the molecule is COc1ccc(-c2[nH]ncc2C(=O)N(C)[C@H]2CCNC2)cc1. The molecule has 116 valence electrons. The Morgan fingerprint density at radius 1 is 1.36 bits per heavy atom. The average Bonchev–Trinajstić information content (AvgIpc) is 3.24. The summed E-state index contributed by atoms with van der Waals surface area (Å²) in [7, 11) is 3.48. The highest BCUT2D eigenvalue weighted by atomic mass is 16.5. The molecule has 2 N–H and O–H groups in total. The van der Waals surface area contributed by atoms with Gasteiger partial charge in [0.05, 0.1) is 24.6 Å². The Morgan fingerprint density at radius 3 is 2.77 bits per heavy atom. The van der Waals surface area contributed by atoms with E-state index in [2.05, 4.69) is 15.5 Å². The van der Waals surface area contributed by atoms with E-state index in [0.29, 0.717) is 5.56 Å². The fraction of sp³-hybridized carbons (Fsp3) is 0.375. The highest BCUT2D eigenvalue weighted by molar-refractivity contribution is 5.99. The average molecular weight is 300 g/mol. The van der Waals surface area contributed by atoms with Crippen LogP contribution in [-0.2, 0) is 0 Å². The third kappa shape index (κ3) is 2.69. The highest BCUT2D eigenvalue weighted by Gasteiger charge is 2.26. The van der Waals surface area contributed by atoms with Crippen molar-refractivity contribution in [3.05, 3.63) is 36.0 Å². The van der Waals surface area contributed by atoms with Crippen LogP contribution >= 0.6 is 0 Å². The van der Waals surface area contributed by atoms with Gasteiger partial charge in [0.2, 0.25) is 0 Å². The van der Waals surface area contributed by atoms with E-state index in [-0.39, 0.29) is 11.9 Å². The molecule has 2 aromatic rings. The molecule has 1 aliphatic heterocycles. The van der Waals surface area contributed by atoms with Gasteiger partial charge in [0.15, 0.2) is 0 Å². The number of H-pyrrole nitrogens is 1. The summed E-state index contributed by atoms with van der Waals surface area (Å²) in [6, 6.07) is 7.82. The second-order valence-electron chi connectivity index (χ2n) is 5.45. The molecule has 0 spiro atoms. The minimum Gasteiger partial charge on any atom is -0.497 e. The monoisotopic (exact) mass is 300 g/mol. The number of carbonyl (C=O) groups is 1. The summed E-state index contributed by atoms with van der Waals surface area (Å²) in [4.78, 5) is 14.5. The first kappa shape index (κ1) is 14.6. The molecule has 0 radical (unpaired) electrons. The Morgan fingerprint density at radius 2 is 2.14 bits per heavy atom. The number of nitrogens with one attached hydrogen (secondary N) is 2. The van der Waals surface area contributed by atoms with Gasteiger partial charge < -0.3 is 15.0 Å². The number of amides is 1. The van der Waals surface area contributed by atoms with Crippen LogP contribution in [0.2, 0.25) is 0 Å². The fourth-order valence-electron chi connectivity index (χ4n) is 2.75. The van der Waals surface area contributed by atoms with E-state index in [9.17, 15) is 4.79 Å². The maximum atomic E-state index is 12.7. The molecule has 0 aliphatic carbocycles. The van der Waals surface area contributed by atoms with Crippen molar-refractivity contribution in [2.24, 2.45) is 0 Å². The van der Waals surface area contributed by atoms with Crippen molar-refractivity contribution < 1.29 is 9.53 Å². The number of methoxy groups -OCH3 is 1. The third-order valence-electron chi connectivity index (χ3n) is 4.15. The molecule has 1 aromatic heterocycles. The number of ether oxygens (including phenoxy) is 1. The van der Waals surface area contributed by atoms with Gasteiger partial charge >= 0.3 is 0 Å². The Bertz CT molecular complexity index is 644. The Kier molecular flexibility index (Phi) is 4.11. The van der Waals surface area contributed by atoms with Gasteiger partial charge in [-0.2, -0.15) is 5.10 Å². The van der Waals surface area contributed by atoms with Crippen LogP contribution in [0.4, 0.5) is 0 Å². The fourth-order valence-corrected chi connectivity index (χ4v) is 2.75. The first-order valence-corrected chi connectivity index (χ1v) is 7.36. The Labute approximate surface area is 129 Å². The predicted octanol–water partition coefficient (Wildman–Crippen LogP) is 1.52. The smallest absolute Gasteiger partial charge is 0.257 e. The van der Waals surface area contributed by atoms with Crippen LogP contribution in [0.15, 0.2) is 30.5 Å². The minimum absolute atomic E-state index is 0.00623. The third-order valence-corrected chi connectivity index (χ3v) is 4.15. The van der Waals surface area contributed by atoms with E-state index >= 15 is 0 Å². The molecule has 0 unspecified atom stereocenters. The zero-order chi connectivity index (χ0) is 15.5. The summed E-state index contributed by atoms with van der Waals surface area (Å²) >= 11 is 0. The molecule has 6 heteroatoms. The molecule has 1 atom stereocenters. The van der Waals surface area contributed by atoms with Crippen molar-refractivity contribution in [2.75, 3.05) is 27.2 Å². The van der Waals surface area contributed by atoms with Crippen molar-refractivity contribution in [1.29, 1.82) is 0 Å². The van der Waals surface area contributed by atoms with Crippen molar-refractivity contribution in [2.45, 2.75) is 12.5 Å². The molecule has 1 fully saturated rings. The first-order valence-electron chi connectivity index (χ1n) is 7.36. The van der Waals surface area contributed by atoms with Crippen molar-refractivity contribution in [3.8, 4) is 17.0 Å². The van der Waals surface area contributed by atoms with Gasteiger partial charge in [-0.3, -0.25) is 9.89 Å². The maximum absolute atomic E-state index is 12.7. The lowest BCUT2D eigenvalue weighted by Crippen LogP contribution is -2.38. The number of likely N-dealkylation sites (N-methyl/N-ethyl adjacent to an activating group) is 1. The maximum Gasteiger partial charge on any atom is 0.257 e. The lowest BCUT2D eigenvalue weighted by atomic mass is 10.1. The number of hydrogen-bond donors (Lipinski definition) is 2. The van der Waals surface area contributed by atoms with E-state index in [1.165, 1.54) is 0 Å². The Hall–Kier alpha value is -2.34. The summed E-state index contributed by atoms with van der Waals surface area (Å²) in [5.41, 5.74) is 2.25. The molecular formula is C16H20N4O2. The number of aromatic nitrogens is 2. The van der Waals surface area contributed by atoms with Crippen LogP contribution in [0.3, 0.4) is 0 Å². The molecule has 22 heavy (non-hydrogen) atoms. The van der Waals surface area contributed by atoms with E-state index < -0.39 is 0 Å². The Balaban J connectivity index is 1.85. The van der Waals surface area contributed by atoms with Gasteiger partial charge in [0.25, 0.3) is 5.91 Å². The van der Waals surface area contributed by atoms with E-state index in [0.717, 1.165) is 36.5 Å². The zero-order valence-corrected chi connectivity index (χ0v) is 12.8. The molecule has 2 heterocycles. The molecule has 0 bridgehead atoms. The van der Waals surface area contributed by atoms with Gasteiger partial charge in [0.1, 0.15) is 5.75 Å². The van der Waals surface area contributed by atoms with Gasteiger partial charge in [0, 0.05) is 25.2 Å². The number of hydrogen-bond acceptors (Lipinski definition) is 4. The van der Waals surface area contributed by atoms with Gasteiger partial charge in [-0.05, 0) is 37.2 Å². The summed E-state index contributed by atoms with van der Waals surface area (Å²) in [6.45, 7) is 1.80. The second-order valence-corrected chi connectivity index (χ2v) is 5.45. The molecule has 3 rings (SSSR count). The van der Waals surface area contributed by atoms with Crippen LogP contribution in [0, 0.1) is 0 Å². The normalized spacial score (nSPS) is 17.5. The zero-order valence-electron chi connectivity index (χ0n) is 12.8. The molecular weight excluding hydrogens is 280 g/mol. The van der Waals surface area contributed by atoms with Crippen LogP contribution in [0.1, 0.15) is 16.8 Å².